The number of nitrogens with one attached hydrogen (secondary N) is 1. The highest BCUT2D eigenvalue weighted by molar-refractivity contribution is 6.31. The first kappa shape index (κ1) is 18.8. The van der Waals surface area contributed by atoms with E-state index in [0.717, 1.165) is 18.4 Å². The van der Waals surface area contributed by atoms with Crippen LogP contribution in [0.15, 0.2) is 42.5 Å². The smallest absolute Gasteiger partial charge is 0.283 e. The summed E-state index contributed by atoms with van der Waals surface area (Å²) in [6.45, 7) is 0.317. The fourth-order valence-corrected chi connectivity index (χ4v) is 3.01. The molecule has 0 bridgehead atoms. The Labute approximate surface area is 161 Å². The molecule has 0 radical (unpaired) electrons. The van der Waals surface area contributed by atoms with E-state index in [1.54, 1.807) is 36.2 Å². The van der Waals surface area contributed by atoms with Crippen LogP contribution in [0, 0.1) is 10.1 Å². The van der Waals surface area contributed by atoms with Crippen LogP contribution in [-0.2, 0) is 6.54 Å². The molecule has 2 amide bonds. The lowest BCUT2D eigenvalue weighted by atomic mass is 10.1. The Morgan fingerprint density at radius 1 is 1.22 bits per heavy atom. The molecule has 0 unspecified atom stereocenters. The minimum atomic E-state index is -0.595. The first-order chi connectivity index (χ1) is 12.9. The van der Waals surface area contributed by atoms with Gasteiger partial charge in [0.2, 0.25) is 0 Å². The normalized spacial score (nSPS) is 13.1. The molecule has 0 saturated heterocycles. The van der Waals surface area contributed by atoms with E-state index in [2.05, 4.69) is 5.32 Å². The van der Waals surface area contributed by atoms with E-state index in [1.807, 2.05) is 0 Å². The predicted molar refractivity (Wildman–Crippen MR) is 101 cm³/mol. The predicted octanol–water partition coefficient (Wildman–Crippen LogP) is 3.41. The summed E-state index contributed by atoms with van der Waals surface area (Å²) >= 11 is 5.84. The van der Waals surface area contributed by atoms with Crippen LogP contribution in [0.5, 0.6) is 0 Å². The Kier molecular flexibility index (Phi) is 5.41. The number of rotatable bonds is 6. The lowest BCUT2D eigenvalue weighted by Gasteiger charge is -2.22. The number of nitro groups is 1. The van der Waals surface area contributed by atoms with E-state index in [9.17, 15) is 19.7 Å². The quantitative estimate of drug-likeness (QED) is 0.607. The van der Waals surface area contributed by atoms with Gasteiger partial charge < -0.3 is 10.2 Å². The van der Waals surface area contributed by atoms with Crippen LogP contribution in [0.1, 0.15) is 39.1 Å². The molecule has 2 aromatic rings. The fourth-order valence-electron chi connectivity index (χ4n) is 2.85. The molecule has 1 N–H and O–H groups in total. The Bertz CT molecular complexity index is 894. The largest absolute Gasteiger partial charge is 0.355 e. The van der Waals surface area contributed by atoms with Gasteiger partial charge in [-0.15, -0.1) is 0 Å². The van der Waals surface area contributed by atoms with Crippen molar-refractivity contribution in [3.8, 4) is 0 Å². The molecule has 0 heterocycles. The number of halogens is 1. The number of benzene rings is 2. The highest BCUT2D eigenvalue weighted by Gasteiger charge is 2.35. The fraction of sp³-hybridized carbons (Fsp3) is 0.263. The van der Waals surface area contributed by atoms with Gasteiger partial charge in [0.25, 0.3) is 17.5 Å². The molecule has 1 saturated carbocycles. The van der Waals surface area contributed by atoms with E-state index < -0.39 is 10.8 Å². The molecule has 140 valence electrons. The zero-order valence-corrected chi connectivity index (χ0v) is 15.4. The van der Waals surface area contributed by atoms with Gasteiger partial charge in [0.15, 0.2) is 0 Å². The van der Waals surface area contributed by atoms with Gasteiger partial charge in [-0.1, -0.05) is 23.7 Å². The summed E-state index contributed by atoms with van der Waals surface area (Å²) in [5.41, 5.74) is 1.10. The zero-order chi connectivity index (χ0) is 19.6. The summed E-state index contributed by atoms with van der Waals surface area (Å²) in [7, 11) is 1.56. The number of nitrogens with zero attached hydrogens (tertiary/aromatic N) is 2. The minimum absolute atomic E-state index is 0.0262. The van der Waals surface area contributed by atoms with Crippen LogP contribution < -0.4 is 5.32 Å². The lowest BCUT2D eigenvalue weighted by molar-refractivity contribution is -0.385. The van der Waals surface area contributed by atoms with Crippen molar-refractivity contribution in [3.63, 3.8) is 0 Å². The molecule has 0 atom stereocenters. The first-order valence-electron chi connectivity index (χ1n) is 8.46. The Balaban J connectivity index is 1.85. The van der Waals surface area contributed by atoms with Crippen molar-refractivity contribution in [2.24, 2.45) is 0 Å². The molecule has 8 heteroatoms. The number of carbonyl (C=O) groups is 2. The third-order valence-electron chi connectivity index (χ3n) is 4.43. The van der Waals surface area contributed by atoms with E-state index in [4.69, 9.17) is 11.6 Å². The van der Waals surface area contributed by atoms with Gasteiger partial charge in [-0.3, -0.25) is 19.7 Å². The van der Waals surface area contributed by atoms with Crippen molar-refractivity contribution in [2.75, 3.05) is 7.05 Å². The van der Waals surface area contributed by atoms with Crippen LogP contribution in [0.3, 0.4) is 0 Å². The average molecular weight is 388 g/mol. The summed E-state index contributed by atoms with van der Waals surface area (Å²) in [5.74, 6) is -0.579. The molecule has 1 aliphatic rings. The average Bonchev–Trinajstić information content (AvgIpc) is 3.50. The number of nitro benzene ring substituents is 1. The topological polar surface area (TPSA) is 92.6 Å². The standard InChI is InChI=1S/C19H18ClN3O4/c1-21-18(24)13-4-2-12(3-5-13)11-22(15-7-8-15)19(25)16-9-6-14(20)10-17(16)23(26)27/h2-6,9-10,15H,7-8,11H2,1H3,(H,21,24). The number of carbonyl (C=O) groups excluding carboxylic acids is 2. The van der Waals surface area contributed by atoms with Gasteiger partial charge in [-0.2, -0.15) is 0 Å². The molecule has 3 rings (SSSR count). The maximum atomic E-state index is 13.0. The molecule has 1 aliphatic carbocycles. The van der Waals surface area contributed by atoms with Crippen molar-refractivity contribution in [2.45, 2.75) is 25.4 Å². The monoisotopic (exact) mass is 387 g/mol. The lowest BCUT2D eigenvalue weighted by Crippen LogP contribution is -2.33. The number of amides is 2. The van der Waals surface area contributed by atoms with Gasteiger partial charge >= 0.3 is 0 Å². The van der Waals surface area contributed by atoms with Gasteiger partial charge in [0, 0.05) is 36.3 Å². The van der Waals surface area contributed by atoms with E-state index in [0.29, 0.717) is 12.1 Å². The minimum Gasteiger partial charge on any atom is -0.355 e. The molecule has 2 aromatic carbocycles. The van der Waals surface area contributed by atoms with Gasteiger partial charge in [0.05, 0.1) is 4.92 Å². The van der Waals surface area contributed by atoms with Crippen molar-refractivity contribution in [3.05, 3.63) is 74.3 Å². The molecular weight excluding hydrogens is 370 g/mol. The second-order valence-electron chi connectivity index (χ2n) is 6.36. The first-order valence-corrected chi connectivity index (χ1v) is 8.84. The van der Waals surface area contributed by atoms with E-state index >= 15 is 0 Å². The van der Waals surface area contributed by atoms with Crippen LogP contribution >= 0.6 is 11.6 Å². The maximum Gasteiger partial charge on any atom is 0.283 e. The third-order valence-corrected chi connectivity index (χ3v) is 4.67. The van der Waals surface area contributed by atoms with Crippen molar-refractivity contribution in [1.29, 1.82) is 0 Å². The summed E-state index contributed by atoms with van der Waals surface area (Å²) in [6, 6.07) is 11.1. The van der Waals surface area contributed by atoms with Gasteiger partial charge in [-0.05, 0) is 42.7 Å². The highest BCUT2D eigenvalue weighted by atomic mass is 35.5. The third kappa shape index (κ3) is 4.25. The molecule has 1 fully saturated rings. The Morgan fingerprint density at radius 3 is 2.44 bits per heavy atom. The van der Waals surface area contributed by atoms with E-state index in [1.165, 1.54) is 18.2 Å². The van der Waals surface area contributed by atoms with Gasteiger partial charge in [-0.25, -0.2) is 0 Å². The number of hydrogen-bond acceptors (Lipinski definition) is 4. The molecular formula is C19H18ClN3O4. The maximum absolute atomic E-state index is 13.0. The van der Waals surface area contributed by atoms with E-state index in [-0.39, 0.29) is 28.2 Å². The molecule has 0 aromatic heterocycles. The van der Waals surface area contributed by atoms with Crippen LogP contribution in [0.25, 0.3) is 0 Å². The summed E-state index contributed by atoms with van der Waals surface area (Å²) in [4.78, 5) is 37.0. The SMILES string of the molecule is CNC(=O)c1ccc(CN(C(=O)c2ccc(Cl)cc2[N+](=O)[O-])C2CC2)cc1. The van der Waals surface area contributed by atoms with Crippen molar-refractivity contribution < 1.29 is 14.5 Å². The van der Waals surface area contributed by atoms with Gasteiger partial charge in [0.1, 0.15) is 5.56 Å². The zero-order valence-electron chi connectivity index (χ0n) is 14.6. The second-order valence-corrected chi connectivity index (χ2v) is 6.80. The molecule has 7 nitrogen and oxygen atoms in total. The van der Waals surface area contributed by atoms with Crippen LogP contribution in [0.4, 0.5) is 5.69 Å². The number of hydrogen-bond donors (Lipinski definition) is 1. The molecule has 0 spiro atoms. The van der Waals surface area contributed by atoms with Crippen molar-refractivity contribution >= 4 is 29.1 Å². The van der Waals surface area contributed by atoms with Crippen LogP contribution in [0.2, 0.25) is 5.02 Å². The van der Waals surface area contributed by atoms with Crippen LogP contribution in [-0.4, -0.2) is 34.7 Å². The highest BCUT2D eigenvalue weighted by Crippen LogP contribution is 2.32. The Morgan fingerprint density at radius 2 is 1.89 bits per heavy atom. The molecule has 0 aliphatic heterocycles. The van der Waals surface area contributed by atoms with Crippen molar-refractivity contribution in [1.82, 2.24) is 10.2 Å². The summed E-state index contributed by atoms with van der Waals surface area (Å²) in [5, 5.41) is 14.1. The summed E-state index contributed by atoms with van der Waals surface area (Å²) in [6.07, 6.45) is 1.73. The molecule has 27 heavy (non-hydrogen) atoms. The second kappa shape index (κ2) is 7.75. The Hall–Kier alpha value is -2.93. The summed E-state index contributed by atoms with van der Waals surface area (Å²) < 4.78 is 0.